The summed E-state index contributed by atoms with van der Waals surface area (Å²) >= 11 is 0. The summed E-state index contributed by atoms with van der Waals surface area (Å²) in [5.74, 6) is -0.380. The molecule has 0 saturated heterocycles. The first kappa shape index (κ1) is 15.8. The van der Waals surface area contributed by atoms with Crippen molar-refractivity contribution in [2.45, 2.75) is 13.8 Å². The van der Waals surface area contributed by atoms with Crippen LogP contribution < -0.4 is 4.90 Å². The second-order valence-electron chi connectivity index (χ2n) is 4.91. The Labute approximate surface area is 131 Å². The van der Waals surface area contributed by atoms with Gasteiger partial charge in [-0.15, -0.1) is 0 Å². The summed E-state index contributed by atoms with van der Waals surface area (Å²) in [4.78, 5) is 2.25. The first-order valence-electron chi connectivity index (χ1n) is 7.41. The van der Waals surface area contributed by atoms with Crippen molar-refractivity contribution in [3.05, 3.63) is 65.5 Å². The second-order valence-corrected chi connectivity index (χ2v) is 4.91. The van der Waals surface area contributed by atoms with Crippen LogP contribution in [-0.4, -0.2) is 13.1 Å². The van der Waals surface area contributed by atoms with Crippen molar-refractivity contribution in [1.82, 2.24) is 0 Å². The first-order chi connectivity index (χ1) is 10.7. The summed E-state index contributed by atoms with van der Waals surface area (Å²) in [5.41, 5.74) is 2.69. The van der Waals surface area contributed by atoms with Crippen molar-refractivity contribution in [2.75, 3.05) is 18.0 Å². The van der Waals surface area contributed by atoms with E-state index in [2.05, 4.69) is 24.8 Å². The monoisotopic (exact) mass is 294 g/mol. The number of halogens is 1. The molecule has 2 rings (SSSR count). The number of nitriles is 1. The third-order valence-electron chi connectivity index (χ3n) is 3.62. The minimum atomic E-state index is -0.380. The Kier molecular flexibility index (Phi) is 5.32. The summed E-state index contributed by atoms with van der Waals surface area (Å²) in [7, 11) is 0. The number of anilines is 1. The highest BCUT2D eigenvalue weighted by atomic mass is 19.1. The van der Waals surface area contributed by atoms with Gasteiger partial charge in [-0.3, -0.25) is 0 Å². The van der Waals surface area contributed by atoms with Gasteiger partial charge in [0, 0.05) is 24.3 Å². The van der Waals surface area contributed by atoms with E-state index in [1.165, 1.54) is 6.07 Å². The van der Waals surface area contributed by atoms with Crippen molar-refractivity contribution >= 4 is 17.3 Å². The Morgan fingerprint density at radius 3 is 2.27 bits per heavy atom. The maximum Gasteiger partial charge on any atom is 0.131 e. The van der Waals surface area contributed by atoms with Crippen LogP contribution in [0.3, 0.4) is 0 Å². The molecule has 0 unspecified atom stereocenters. The molecule has 0 bridgehead atoms. The maximum atomic E-state index is 13.8. The molecule has 3 heteroatoms. The van der Waals surface area contributed by atoms with Crippen LogP contribution in [0, 0.1) is 17.1 Å². The topological polar surface area (TPSA) is 27.0 Å². The van der Waals surface area contributed by atoms with E-state index < -0.39 is 0 Å². The molecule has 0 aromatic heterocycles. The predicted octanol–water partition coefficient (Wildman–Crippen LogP) is 4.74. The number of rotatable bonds is 5. The van der Waals surface area contributed by atoms with Gasteiger partial charge in [-0.25, -0.2) is 4.39 Å². The summed E-state index contributed by atoms with van der Waals surface area (Å²) in [6.07, 6.45) is 1.71. The van der Waals surface area contributed by atoms with Crippen molar-refractivity contribution in [3.63, 3.8) is 0 Å². The van der Waals surface area contributed by atoms with Gasteiger partial charge in [-0.05, 0) is 43.7 Å². The molecule has 2 nitrogen and oxygen atoms in total. The zero-order chi connectivity index (χ0) is 15.9. The minimum absolute atomic E-state index is 0.327. The van der Waals surface area contributed by atoms with Gasteiger partial charge in [0.05, 0.1) is 11.6 Å². The lowest BCUT2D eigenvalue weighted by Crippen LogP contribution is -2.21. The Bertz CT molecular complexity index is 692. The molecular formula is C19H19FN2. The average Bonchev–Trinajstić information content (AvgIpc) is 2.56. The number of nitrogens with zero attached hydrogens (tertiary/aromatic N) is 2. The fourth-order valence-electron chi connectivity index (χ4n) is 2.39. The third-order valence-corrected chi connectivity index (χ3v) is 3.62. The molecule has 2 aromatic carbocycles. The van der Waals surface area contributed by atoms with Gasteiger partial charge in [-0.2, -0.15) is 5.26 Å². The van der Waals surface area contributed by atoms with E-state index >= 15 is 0 Å². The highest BCUT2D eigenvalue weighted by molar-refractivity contribution is 5.89. The normalized spacial score (nSPS) is 11.1. The highest BCUT2D eigenvalue weighted by Crippen LogP contribution is 2.22. The molecule has 22 heavy (non-hydrogen) atoms. The lowest BCUT2D eigenvalue weighted by Gasteiger charge is -2.20. The predicted molar refractivity (Wildman–Crippen MR) is 89.9 cm³/mol. The fraction of sp³-hybridized carbons (Fsp3) is 0.211. The van der Waals surface area contributed by atoms with Gasteiger partial charge >= 0.3 is 0 Å². The summed E-state index contributed by atoms with van der Waals surface area (Å²) < 4.78 is 13.8. The molecule has 2 aromatic rings. The van der Waals surface area contributed by atoms with Crippen LogP contribution in [-0.2, 0) is 0 Å². The molecule has 0 aliphatic rings. The molecule has 0 aliphatic heterocycles. The number of benzene rings is 2. The van der Waals surface area contributed by atoms with E-state index in [4.69, 9.17) is 0 Å². The number of hydrogen-bond acceptors (Lipinski definition) is 2. The largest absolute Gasteiger partial charge is 0.372 e. The second kappa shape index (κ2) is 7.42. The number of allylic oxidation sites excluding steroid dienone is 1. The van der Waals surface area contributed by atoms with Crippen LogP contribution in [0.2, 0.25) is 0 Å². The van der Waals surface area contributed by atoms with Crippen LogP contribution in [0.25, 0.3) is 11.6 Å². The first-order valence-corrected chi connectivity index (χ1v) is 7.41. The minimum Gasteiger partial charge on any atom is -0.372 e. The van der Waals surface area contributed by atoms with Crippen LogP contribution in [0.1, 0.15) is 25.0 Å². The van der Waals surface area contributed by atoms with E-state index in [9.17, 15) is 9.65 Å². The number of hydrogen-bond donors (Lipinski definition) is 0. The standard InChI is InChI=1S/C19H19FN2/c1-3-22(4-2)17-11-9-15(10-12-17)13-16(14-21)18-7-5-6-8-19(18)20/h5-13H,3-4H2,1-2H3/b16-13-. The van der Waals surface area contributed by atoms with Crippen LogP contribution in [0.15, 0.2) is 48.5 Å². The molecule has 112 valence electrons. The van der Waals surface area contributed by atoms with Crippen LogP contribution >= 0.6 is 0 Å². The molecule has 0 atom stereocenters. The van der Waals surface area contributed by atoms with Gasteiger partial charge in [-0.1, -0.05) is 30.3 Å². The molecule has 0 radical (unpaired) electrons. The molecule has 0 N–H and O–H groups in total. The van der Waals surface area contributed by atoms with Crippen molar-refractivity contribution in [3.8, 4) is 6.07 Å². The van der Waals surface area contributed by atoms with Crippen LogP contribution in [0.4, 0.5) is 10.1 Å². The molecule has 0 fully saturated rings. The van der Waals surface area contributed by atoms with E-state index in [1.54, 1.807) is 24.3 Å². The lowest BCUT2D eigenvalue weighted by atomic mass is 10.0. The van der Waals surface area contributed by atoms with Gasteiger partial charge < -0.3 is 4.90 Å². The zero-order valence-corrected chi connectivity index (χ0v) is 12.9. The quantitative estimate of drug-likeness (QED) is 0.588. The highest BCUT2D eigenvalue weighted by Gasteiger charge is 2.07. The lowest BCUT2D eigenvalue weighted by molar-refractivity contribution is 0.624. The SMILES string of the molecule is CCN(CC)c1ccc(/C=C(/C#N)c2ccccc2F)cc1. The Morgan fingerprint density at radius 2 is 1.73 bits per heavy atom. The molecule has 0 amide bonds. The van der Waals surface area contributed by atoms with Crippen molar-refractivity contribution < 1.29 is 4.39 Å². The van der Waals surface area contributed by atoms with Gasteiger partial charge in [0.15, 0.2) is 0 Å². The molecule has 0 aliphatic carbocycles. The zero-order valence-electron chi connectivity index (χ0n) is 12.9. The van der Waals surface area contributed by atoms with Gasteiger partial charge in [0.25, 0.3) is 0 Å². The van der Waals surface area contributed by atoms with E-state index in [0.717, 1.165) is 24.3 Å². The molecular weight excluding hydrogens is 275 g/mol. The third kappa shape index (κ3) is 3.53. The average molecular weight is 294 g/mol. The van der Waals surface area contributed by atoms with Gasteiger partial charge in [0.1, 0.15) is 5.82 Å². The summed E-state index contributed by atoms with van der Waals surface area (Å²) in [5, 5.41) is 9.29. The molecule has 0 heterocycles. The Hall–Kier alpha value is -2.60. The molecule has 0 saturated carbocycles. The van der Waals surface area contributed by atoms with Crippen molar-refractivity contribution in [1.29, 1.82) is 5.26 Å². The maximum absolute atomic E-state index is 13.8. The van der Waals surface area contributed by atoms with Crippen LogP contribution in [0.5, 0.6) is 0 Å². The van der Waals surface area contributed by atoms with E-state index in [-0.39, 0.29) is 5.82 Å². The summed E-state index contributed by atoms with van der Waals surface area (Å²) in [6.45, 7) is 6.13. The Morgan fingerprint density at radius 1 is 1.09 bits per heavy atom. The Balaban J connectivity index is 2.32. The van der Waals surface area contributed by atoms with Crippen molar-refractivity contribution in [2.24, 2.45) is 0 Å². The summed E-state index contributed by atoms with van der Waals surface area (Å²) in [6, 6.07) is 16.4. The molecule has 0 spiro atoms. The van der Waals surface area contributed by atoms with Gasteiger partial charge in [0.2, 0.25) is 0 Å². The van der Waals surface area contributed by atoms with E-state index in [0.29, 0.717) is 11.1 Å². The fourth-order valence-corrected chi connectivity index (χ4v) is 2.39. The van der Waals surface area contributed by atoms with E-state index in [1.807, 2.05) is 24.3 Å². The smallest absolute Gasteiger partial charge is 0.131 e.